The second-order valence-electron chi connectivity index (χ2n) is 5.29. The molecule has 1 fully saturated rings. The van der Waals surface area contributed by atoms with E-state index in [1.54, 1.807) is 18.2 Å². The lowest BCUT2D eigenvalue weighted by Crippen LogP contribution is -3.14. The summed E-state index contributed by atoms with van der Waals surface area (Å²) < 4.78 is 0. The fraction of sp³-hybridized carbons (Fsp3) is 0.429. The molecule has 0 radical (unpaired) electrons. The fourth-order valence-electron chi connectivity index (χ4n) is 2.57. The Kier molecular flexibility index (Phi) is 5.45. The number of hydrogen-bond donors (Lipinski definition) is 3. The van der Waals surface area contributed by atoms with Crippen molar-refractivity contribution < 1.29 is 14.5 Å². The Labute approximate surface area is 133 Å². The van der Waals surface area contributed by atoms with E-state index in [9.17, 15) is 9.59 Å². The molecule has 7 heteroatoms. The highest BCUT2D eigenvalue weighted by Crippen LogP contribution is 2.25. The number of primary amides is 1. The maximum absolute atomic E-state index is 12.1. The van der Waals surface area contributed by atoms with Gasteiger partial charge in [-0.25, -0.2) is 0 Å². The van der Waals surface area contributed by atoms with Gasteiger partial charge in [0.05, 0.1) is 29.7 Å². The van der Waals surface area contributed by atoms with Crippen LogP contribution in [0.2, 0.25) is 10.0 Å². The number of rotatable bonds is 4. The SMILES string of the molecule is NC(=O)[C@@H]1CCC[NH+](CC(=O)Nc2ccc(Cl)cc2Cl)C1. The van der Waals surface area contributed by atoms with Crippen molar-refractivity contribution in [2.24, 2.45) is 11.7 Å². The molecule has 1 aromatic carbocycles. The van der Waals surface area contributed by atoms with E-state index < -0.39 is 0 Å². The van der Waals surface area contributed by atoms with Gasteiger partial charge in [-0.05, 0) is 31.0 Å². The molecule has 0 aromatic heterocycles. The topological polar surface area (TPSA) is 76.6 Å². The largest absolute Gasteiger partial charge is 0.369 e. The summed E-state index contributed by atoms with van der Waals surface area (Å²) in [5.74, 6) is -0.562. The second-order valence-corrected chi connectivity index (χ2v) is 6.14. The first kappa shape index (κ1) is 16.1. The van der Waals surface area contributed by atoms with Gasteiger partial charge in [0.15, 0.2) is 6.54 Å². The first-order valence-corrected chi connectivity index (χ1v) is 7.59. The predicted octanol–water partition coefficient (Wildman–Crippen LogP) is 0.712. The second kappa shape index (κ2) is 7.11. The summed E-state index contributed by atoms with van der Waals surface area (Å²) in [7, 11) is 0. The van der Waals surface area contributed by atoms with Gasteiger partial charge in [0.1, 0.15) is 0 Å². The lowest BCUT2D eigenvalue weighted by Gasteiger charge is -2.27. The number of carbonyl (C=O) groups excluding carboxylic acids is 2. The molecular weight excluding hydrogens is 313 g/mol. The summed E-state index contributed by atoms with van der Waals surface area (Å²) in [6, 6.07) is 4.91. The zero-order valence-corrected chi connectivity index (χ0v) is 13.0. The van der Waals surface area contributed by atoms with Crippen LogP contribution in [0.3, 0.4) is 0 Å². The van der Waals surface area contributed by atoms with Crippen LogP contribution in [0.15, 0.2) is 18.2 Å². The van der Waals surface area contributed by atoms with Crippen LogP contribution < -0.4 is 16.0 Å². The van der Waals surface area contributed by atoms with Crippen LogP contribution in [-0.4, -0.2) is 31.4 Å². The van der Waals surface area contributed by atoms with E-state index in [1.807, 2.05) is 0 Å². The number of quaternary nitrogens is 1. The van der Waals surface area contributed by atoms with E-state index in [-0.39, 0.29) is 17.7 Å². The molecule has 5 nitrogen and oxygen atoms in total. The third-order valence-corrected chi connectivity index (χ3v) is 4.18. The Morgan fingerprint density at radius 3 is 2.81 bits per heavy atom. The molecule has 21 heavy (non-hydrogen) atoms. The lowest BCUT2D eigenvalue weighted by molar-refractivity contribution is -0.899. The van der Waals surface area contributed by atoms with Gasteiger partial charge >= 0.3 is 0 Å². The van der Waals surface area contributed by atoms with Crippen LogP contribution in [0.4, 0.5) is 5.69 Å². The average Bonchev–Trinajstić information content (AvgIpc) is 2.42. The summed E-state index contributed by atoms with van der Waals surface area (Å²) in [6.45, 7) is 1.77. The number of amides is 2. The molecule has 2 rings (SSSR count). The molecule has 1 aliphatic heterocycles. The molecule has 2 atom stereocenters. The zero-order chi connectivity index (χ0) is 15.4. The van der Waals surface area contributed by atoms with Crippen LogP contribution in [-0.2, 0) is 9.59 Å². The number of nitrogens with one attached hydrogen (secondary N) is 2. The number of piperidine rings is 1. The molecule has 1 unspecified atom stereocenters. The normalized spacial score (nSPS) is 21.8. The van der Waals surface area contributed by atoms with Crippen LogP contribution >= 0.6 is 23.2 Å². The minimum Gasteiger partial charge on any atom is -0.369 e. The Balaban J connectivity index is 1.91. The molecule has 1 heterocycles. The third kappa shape index (κ3) is 4.59. The zero-order valence-electron chi connectivity index (χ0n) is 11.5. The quantitative estimate of drug-likeness (QED) is 0.760. The first-order valence-electron chi connectivity index (χ1n) is 6.83. The molecule has 0 spiro atoms. The molecule has 4 N–H and O–H groups in total. The molecule has 1 saturated heterocycles. The van der Waals surface area contributed by atoms with Gasteiger partial charge in [0, 0.05) is 5.02 Å². The highest BCUT2D eigenvalue weighted by molar-refractivity contribution is 6.36. The molecular formula is C14H18Cl2N3O2+. The molecule has 0 saturated carbocycles. The van der Waals surface area contributed by atoms with Gasteiger partial charge in [-0.2, -0.15) is 0 Å². The van der Waals surface area contributed by atoms with Crippen molar-refractivity contribution in [2.45, 2.75) is 12.8 Å². The smallest absolute Gasteiger partial charge is 0.279 e. The highest BCUT2D eigenvalue weighted by Gasteiger charge is 2.28. The minimum absolute atomic E-state index is 0.138. The van der Waals surface area contributed by atoms with Gasteiger partial charge in [-0.3, -0.25) is 9.59 Å². The van der Waals surface area contributed by atoms with E-state index in [4.69, 9.17) is 28.9 Å². The molecule has 1 aliphatic rings. The average molecular weight is 331 g/mol. The standard InChI is InChI=1S/C14H17Cl2N3O2/c15-10-3-4-12(11(16)6-10)18-13(20)8-19-5-1-2-9(7-19)14(17)21/h3-4,6,9H,1-2,5,7-8H2,(H2,17,21)(H,18,20)/p+1/t9-/m1/s1. The number of benzene rings is 1. The maximum atomic E-state index is 12.1. The summed E-state index contributed by atoms with van der Waals surface area (Å²) in [4.78, 5) is 24.3. The van der Waals surface area contributed by atoms with Crippen LogP contribution in [0.25, 0.3) is 0 Å². The molecule has 2 amide bonds. The first-order chi connectivity index (χ1) is 9.95. The number of halogens is 2. The lowest BCUT2D eigenvalue weighted by atomic mass is 9.97. The van der Waals surface area contributed by atoms with E-state index in [1.165, 1.54) is 0 Å². The monoisotopic (exact) mass is 330 g/mol. The Morgan fingerprint density at radius 1 is 1.38 bits per heavy atom. The third-order valence-electron chi connectivity index (χ3n) is 3.64. The summed E-state index contributed by atoms with van der Waals surface area (Å²) in [5.41, 5.74) is 5.87. The van der Waals surface area contributed by atoms with Crippen molar-refractivity contribution in [2.75, 3.05) is 25.0 Å². The Hall–Kier alpha value is -1.30. The molecule has 114 valence electrons. The number of anilines is 1. The fourth-order valence-corrected chi connectivity index (χ4v) is 3.02. The van der Waals surface area contributed by atoms with Gasteiger partial charge in [-0.15, -0.1) is 0 Å². The number of likely N-dealkylation sites (tertiary alicyclic amines) is 1. The van der Waals surface area contributed by atoms with E-state index in [2.05, 4.69) is 5.32 Å². The number of carbonyl (C=O) groups is 2. The molecule has 0 bridgehead atoms. The van der Waals surface area contributed by atoms with E-state index in [0.717, 1.165) is 24.3 Å². The molecule has 0 aliphatic carbocycles. The van der Waals surface area contributed by atoms with Crippen molar-refractivity contribution in [3.63, 3.8) is 0 Å². The minimum atomic E-state index is -0.284. The van der Waals surface area contributed by atoms with Crippen molar-refractivity contribution in [3.05, 3.63) is 28.2 Å². The predicted molar refractivity (Wildman–Crippen MR) is 82.6 cm³/mol. The van der Waals surface area contributed by atoms with Gasteiger partial charge in [0.25, 0.3) is 5.91 Å². The van der Waals surface area contributed by atoms with Gasteiger partial charge < -0.3 is 16.0 Å². The van der Waals surface area contributed by atoms with Gasteiger partial charge in [-0.1, -0.05) is 23.2 Å². The Bertz CT molecular complexity index is 551. The number of nitrogens with two attached hydrogens (primary N) is 1. The van der Waals surface area contributed by atoms with Crippen LogP contribution in [0.1, 0.15) is 12.8 Å². The maximum Gasteiger partial charge on any atom is 0.279 e. The van der Waals surface area contributed by atoms with Crippen molar-refractivity contribution in [1.82, 2.24) is 0 Å². The summed E-state index contributed by atoms with van der Waals surface area (Å²) in [6.07, 6.45) is 1.71. The van der Waals surface area contributed by atoms with E-state index in [0.29, 0.717) is 28.8 Å². The summed E-state index contributed by atoms with van der Waals surface area (Å²) in [5, 5.41) is 3.68. The number of hydrogen-bond acceptors (Lipinski definition) is 2. The van der Waals surface area contributed by atoms with Crippen LogP contribution in [0.5, 0.6) is 0 Å². The van der Waals surface area contributed by atoms with Crippen molar-refractivity contribution in [3.8, 4) is 0 Å². The van der Waals surface area contributed by atoms with Crippen molar-refractivity contribution >= 4 is 40.7 Å². The van der Waals surface area contributed by atoms with E-state index >= 15 is 0 Å². The van der Waals surface area contributed by atoms with Crippen molar-refractivity contribution in [1.29, 1.82) is 0 Å². The summed E-state index contributed by atoms with van der Waals surface area (Å²) >= 11 is 11.8. The highest BCUT2D eigenvalue weighted by atomic mass is 35.5. The van der Waals surface area contributed by atoms with Gasteiger partial charge in [0.2, 0.25) is 5.91 Å². The Morgan fingerprint density at radius 2 is 2.14 bits per heavy atom. The van der Waals surface area contributed by atoms with Crippen LogP contribution in [0, 0.1) is 5.92 Å². The molecule has 1 aromatic rings.